The van der Waals surface area contributed by atoms with Gasteiger partial charge in [0.05, 0.1) is 57.0 Å². The van der Waals surface area contributed by atoms with Gasteiger partial charge in [0, 0.05) is 78.8 Å². The highest BCUT2D eigenvalue weighted by atomic mass is 28.3. The summed E-state index contributed by atoms with van der Waals surface area (Å²) in [5.74, 6) is 0.774. The number of amides is 4. The molecule has 4 amide bonds. The van der Waals surface area contributed by atoms with E-state index in [1.165, 1.54) is 24.0 Å². The second-order valence-corrected chi connectivity index (χ2v) is 32.1. The molecule has 4 aliphatic rings. The number of ether oxygens (including phenoxy) is 7. The van der Waals surface area contributed by atoms with E-state index in [-0.39, 0.29) is 61.4 Å². The number of hydrogen-bond donors (Lipinski definition) is 1. The molecule has 4 aromatic rings. The van der Waals surface area contributed by atoms with Crippen molar-refractivity contribution in [1.82, 2.24) is 9.80 Å². The first kappa shape index (κ1) is 51.7. The van der Waals surface area contributed by atoms with Gasteiger partial charge in [-0.05, 0) is 70.8 Å². The van der Waals surface area contributed by atoms with Crippen LogP contribution in [-0.2, 0) is 19.1 Å². The van der Waals surface area contributed by atoms with Gasteiger partial charge in [-0.3, -0.25) is 29.0 Å². The van der Waals surface area contributed by atoms with Crippen molar-refractivity contribution >= 4 is 68.0 Å². The fraction of sp³-hybridized carbons (Fsp3) is 0.407. The van der Waals surface area contributed by atoms with E-state index in [0.717, 1.165) is 34.4 Å². The normalized spacial score (nSPS) is 17.7. The summed E-state index contributed by atoms with van der Waals surface area (Å²) in [4.78, 5) is 64.2. The van der Waals surface area contributed by atoms with Crippen LogP contribution in [0.25, 0.3) is 11.1 Å². The van der Waals surface area contributed by atoms with E-state index in [1.807, 2.05) is 36.4 Å². The van der Waals surface area contributed by atoms with Crippen LogP contribution in [0, 0.1) is 0 Å². The number of methoxy groups -OCH3 is 3. The van der Waals surface area contributed by atoms with Crippen LogP contribution in [-0.4, -0.2) is 123 Å². The van der Waals surface area contributed by atoms with Crippen molar-refractivity contribution in [3.8, 4) is 28.7 Å². The molecule has 0 radical (unpaired) electrons. The maximum absolute atomic E-state index is 14.6. The Kier molecular flexibility index (Phi) is 15.5. The molecule has 0 bridgehead atoms. The van der Waals surface area contributed by atoms with E-state index in [9.17, 15) is 19.2 Å². The lowest BCUT2D eigenvalue weighted by Gasteiger charge is -2.27. The summed E-state index contributed by atoms with van der Waals surface area (Å²) < 4.78 is 42.0. The summed E-state index contributed by atoms with van der Waals surface area (Å²) in [6, 6.07) is 21.8. The Labute approximate surface area is 424 Å². The molecule has 0 saturated carbocycles. The maximum atomic E-state index is 14.6. The number of carbonyl (C=O) groups is 4. The number of rotatable bonds is 21. The Morgan fingerprint density at radius 2 is 0.958 bits per heavy atom. The largest absolute Gasteiger partial charge is 0.497 e. The van der Waals surface area contributed by atoms with E-state index in [2.05, 4.69) is 39.3 Å². The molecule has 4 aliphatic heterocycles. The zero-order chi connectivity index (χ0) is 51.5. The van der Waals surface area contributed by atoms with Crippen LogP contribution >= 0.6 is 0 Å². The highest BCUT2D eigenvalue weighted by Gasteiger charge is 2.45. The number of benzene rings is 4. The SMILES string of the molecule is COc1ccc(C2=CN3C(=O)c4cc(OC)c(OCCCOc5cc6c(cc5OC)C(=O)N5C=C(c7ccc(N)cc7)C[C@H]5C(=O)N6COCC[Si](C)(C)C)cc4N(COCC[Si](C)(C)C)C(=O)C3C2)cc1. The van der Waals surface area contributed by atoms with E-state index in [1.54, 1.807) is 65.7 Å². The minimum Gasteiger partial charge on any atom is -0.497 e. The Balaban J connectivity index is 1.01. The Hall–Kier alpha value is -6.61. The molecular formula is C54H67N5O11Si2. The van der Waals surface area contributed by atoms with Crippen molar-refractivity contribution in [1.29, 1.82) is 0 Å². The van der Waals surface area contributed by atoms with Gasteiger partial charge in [0.15, 0.2) is 23.0 Å². The summed E-state index contributed by atoms with van der Waals surface area (Å²) in [5, 5.41) is 0. The molecule has 382 valence electrons. The van der Waals surface area contributed by atoms with Gasteiger partial charge in [-0.25, -0.2) is 0 Å². The van der Waals surface area contributed by atoms with Crippen LogP contribution in [0.1, 0.15) is 51.1 Å². The molecule has 72 heavy (non-hydrogen) atoms. The van der Waals surface area contributed by atoms with Crippen molar-refractivity contribution < 1.29 is 52.3 Å². The van der Waals surface area contributed by atoms with E-state index >= 15 is 0 Å². The molecular weight excluding hydrogens is 951 g/mol. The molecule has 8 rings (SSSR count). The third-order valence-corrected chi connectivity index (χ3v) is 16.7. The van der Waals surface area contributed by atoms with Crippen molar-refractivity contribution in [2.45, 2.75) is 82.7 Å². The zero-order valence-electron chi connectivity index (χ0n) is 42.9. The summed E-state index contributed by atoms with van der Waals surface area (Å²) >= 11 is 0. The minimum absolute atomic E-state index is 0.0483. The summed E-state index contributed by atoms with van der Waals surface area (Å²) in [7, 11) is 1.71. The number of nitrogens with two attached hydrogens (primary N) is 1. The Bertz CT molecular complexity index is 2750. The van der Waals surface area contributed by atoms with Gasteiger partial charge in [0.25, 0.3) is 23.6 Å². The monoisotopic (exact) mass is 1020 g/mol. The van der Waals surface area contributed by atoms with Crippen molar-refractivity contribution in [3.05, 3.63) is 107 Å². The molecule has 1 unspecified atom stereocenters. The quantitative estimate of drug-likeness (QED) is 0.0478. The van der Waals surface area contributed by atoms with Crippen LogP contribution in [0.4, 0.5) is 17.1 Å². The first-order chi connectivity index (χ1) is 34.4. The fourth-order valence-electron chi connectivity index (χ4n) is 9.00. The Morgan fingerprint density at radius 3 is 1.35 bits per heavy atom. The van der Waals surface area contributed by atoms with Gasteiger partial charge < -0.3 is 48.7 Å². The van der Waals surface area contributed by atoms with Gasteiger partial charge in [-0.2, -0.15) is 0 Å². The van der Waals surface area contributed by atoms with Gasteiger partial charge in [0.2, 0.25) is 0 Å². The highest BCUT2D eigenvalue weighted by Crippen LogP contribution is 2.44. The van der Waals surface area contributed by atoms with Crippen LogP contribution in [0.3, 0.4) is 0 Å². The van der Waals surface area contributed by atoms with Gasteiger partial charge >= 0.3 is 0 Å². The second kappa shape index (κ2) is 21.6. The number of nitrogens with zero attached hydrogens (tertiary/aromatic N) is 4. The van der Waals surface area contributed by atoms with Crippen LogP contribution in [0.15, 0.2) is 85.2 Å². The lowest BCUT2D eigenvalue weighted by molar-refractivity contribution is -0.123. The Morgan fingerprint density at radius 1 is 0.542 bits per heavy atom. The first-order valence-corrected chi connectivity index (χ1v) is 31.8. The van der Waals surface area contributed by atoms with E-state index < -0.39 is 28.2 Å². The fourth-order valence-corrected chi connectivity index (χ4v) is 10.5. The van der Waals surface area contributed by atoms with Crippen molar-refractivity contribution in [2.75, 3.05) is 76.8 Å². The molecule has 2 N–H and O–H groups in total. The molecule has 0 spiro atoms. The number of nitrogen functional groups attached to an aromatic ring is 1. The van der Waals surface area contributed by atoms with Crippen molar-refractivity contribution in [3.63, 3.8) is 0 Å². The lowest BCUT2D eigenvalue weighted by Crippen LogP contribution is -2.45. The van der Waals surface area contributed by atoms with Gasteiger partial charge in [-0.1, -0.05) is 63.5 Å². The number of hydrogen-bond acceptors (Lipinski definition) is 12. The second-order valence-electron chi connectivity index (χ2n) is 20.8. The molecule has 4 heterocycles. The highest BCUT2D eigenvalue weighted by molar-refractivity contribution is 6.76. The van der Waals surface area contributed by atoms with E-state index in [4.69, 9.17) is 38.9 Å². The third kappa shape index (κ3) is 11.4. The van der Waals surface area contributed by atoms with Crippen LogP contribution in [0.2, 0.25) is 51.4 Å². The number of anilines is 3. The van der Waals surface area contributed by atoms with E-state index in [0.29, 0.717) is 78.3 Å². The summed E-state index contributed by atoms with van der Waals surface area (Å²) in [5.41, 5.74) is 11.3. The van der Waals surface area contributed by atoms with Crippen molar-refractivity contribution in [2.24, 2.45) is 0 Å². The zero-order valence-corrected chi connectivity index (χ0v) is 44.9. The minimum atomic E-state index is -1.45. The topological polar surface area (TPSA) is 172 Å². The molecule has 0 aliphatic carbocycles. The molecule has 18 heteroatoms. The lowest BCUT2D eigenvalue weighted by atomic mass is 10.0. The number of carbonyl (C=O) groups excluding carboxylic acids is 4. The third-order valence-electron chi connectivity index (χ3n) is 13.2. The molecule has 2 atom stereocenters. The maximum Gasteiger partial charge on any atom is 0.260 e. The smallest absolute Gasteiger partial charge is 0.260 e. The average molecular weight is 1020 g/mol. The molecule has 0 aromatic heterocycles. The number of fused-ring (bicyclic) bond motifs is 4. The first-order valence-electron chi connectivity index (χ1n) is 24.4. The van der Waals surface area contributed by atoms with Crippen LogP contribution < -0.4 is 39.2 Å². The van der Waals surface area contributed by atoms with Crippen LogP contribution in [0.5, 0.6) is 28.7 Å². The molecule has 4 aromatic carbocycles. The van der Waals surface area contributed by atoms with Gasteiger partial charge in [0.1, 0.15) is 31.3 Å². The standard InChI is InChI=1S/C54H67N5O11Si2/c1-64-40-17-13-36(14-18-40)38-26-46-54(63)59(34-68-22-24-72(7,8)9)44-30-50(48(66-3)28-42(44)52(61)57(46)32-38)70-20-10-19-69-49-29-43-41(27-47(49)65-2)51(60)56-31-37(35-11-15-39(55)16-12-35)25-45(56)53(62)58(43)33-67-21-23-71(4,5)6/h11-18,27-32,45-46H,10,19-26,33-34,55H2,1-9H3/t45-,46?/m0/s1. The molecule has 16 nitrogen and oxygen atoms in total. The predicted octanol–water partition coefficient (Wildman–Crippen LogP) is 8.97. The molecule has 0 saturated heterocycles. The predicted molar refractivity (Wildman–Crippen MR) is 283 cm³/mol. The van der Waals surface area contributed by atoms with Gasteiger partial charge in [-0.15, -0.1) is 0 Å². The average Bonchev–Trinajstić information content (AvgIpc) is 3.98. The summed E-state index contributed by atoms with van der Waals surface area (Å²) in [6.45, 7) is 14.7. The summed E-state index contributed by atoms with van der Waals surface area (Å²) in [6.07, 6.45) is 4.54. The molecule has 0 fully saturated rings.